The lowest BCUT2D eigenvalue weighted by atomic mass is 9.66. The first-order valence-electron chi connectivity index (χ1n) is 6.31. The molecule has 0 spiro atoms. The summed E-state index contributed by atoms with van der Waals surface area (Å²) in [5.74, 6) is 3.24. The van der Waals surface area contributed by atoms with Crippen LogP contribution in [0, 0.1) is 17.8 Å². The number of hydrogen-bond donors (Lipinski definition) is 0. The highest BCUT2D eigenvalue weighted by molar-refractivity contribution is 4.83. The molecule has 0 radical (unpaired) electrons. The largest absolute Gasteiger partial charge is 0.0654 e. The molecule has 0 heteroatoms. The summed E-state index contributed by atoms with van der Waals surface area (Å²) >= 11 is 0. The molecule has 1 aliphatic carbocycles. The van der Waals surface area contributed by atoms with Crippen LogP contribution in [0.5, 0.6) is 0 Å². The minimum absolute atomic E-state index is 1.04. The molecule has 0 aromatic rings. The maximum absolute atomic E-state index is 2.35. The zero-order valence-electron chi connectivity index (χ0n) is 9.68. The SMILES string of the molecule is CCCCC1CC(C(CC)CC)C1. The third-order valence-corrected chi connectivity index (χ3v) is 3.95. The first kappa shape index (κ1) is 11.1. The Morgan fingerprint density at radius 1 is 1.08 bits per heavy atom. The molecule has 1 aliphatic rings. The second kappa shape index (κ2) is 5.67. The van der Waals surface area contributed by atoms with Gasteiger partial charge in [0.2, 0.25) is 0 Å². The maximum atomic E-state index is 2.35. The molecule has 13 heavy (non-hydrogen) atoms. The van der Waals surface area contributed by atoms with E-state index >= 15 is 0 Å². The van der Waals surface area contributed by atoms with Gasteiger partial charge in [0.25, 0.3) is 0 Å². The second-order valence-electron chi connectivity index (χ2n) is 4.82. The molecule has 0 aliphatic heterocycles. The summed E-state index contributed by atoms with van der Waals surface area (Å²) in [6.45, 7) is 7.01. The Balaban J connectivity index is 2.09. The quantitative estimate of drug-likeness (QED) is 0.561. The zero-order valence-corrected chi connectivity index (χ0v) is 9.68. The van der Waals surface area contributed by atoms with Gasteiger partial charge in [-0.25, -0.2) is 0 Å². The Bertz CT molecular complexity index is 118. The van der Waals surface area contributed by atoms with Crippen molar-refractivity contribution < 1.29 is 0 Å². The third-order valence-electron chi connectivity index (χ3n) is 3.95. The molecule has 0 amide bonds. The van der Waals surface area contributed by atoms with Crippen LogP contribution in [0.4, 0.5) is 0 Å². The topological polar surface area (TPSA) is 0 Å². The fourth-order valence-corrected chi connectivity index (χ4v) is 2.86. The molecule has 1 rings (SSSR count). The highest BCUT2D eigenvalue weighted by atomic mass is 14.4. The summed E-state index contributed by atoms with van der Waals surface area (Å²) in [5.41, 5.74) is 0. The van der Waals surface area contributed by atoms with Crippen LogP contribution >= 0.6 is 0 Å². The van der Waals surface area contributed by atoms with Gasteiger partial charge in [-0.3, -0.25) is 0 Å². The van der Waals surface area contributed by atoms with E-state index in [2.05, 4.69) is 20.8 Å². The summed E-state index contributed by atoms with van der Waals surface area (Å²) in [6, 6.07) is 0. The van der Waals surface area contributed by atoms with E-state index < -0.39 is 0 Å². The third kappa shape index (κ3) is 3.00. The van der Waals surface area contributed by atoms with Gasteiger partial charge in [0, 0.05) is 0 Å². The molecule has 1 fully saturated rings. The Hall–Kier alpha value is 0. The van der Waals surface area contributed by atoms with Gasteiger partial charge in [0.15, 0.2) is 0 Å². The molecule has 0 atom stereocenters. The first-order chi connectivity index (χ1) is 6.31. The monoisotopic (exact) mass is 182 g/mol. The molecule has 0 bridgehead atoms. The lowest BCUT2D eigenvalue weighted by Crippen LogP contribution is -2.29. The van der Waals surface area contributed by atoms with Gasteiger partial charge in [-0.15, -0.1) is 0 Å². The summed E-state index contributed by atoms with van der Waals surface area (Å²) in [5, 5.41) is 0. The molecule has 0 heterocycles. The Labute approximate surface area is 84.1 Å². The average Bonchev–Trinajstić information content (AvgIpc) is 2.09. The van der Waals surface area contributed by atoms with E-state index in [9.17, 15) is 0 Å². The van der Waals surface area contributed by atoms with Gasteiger partial charge in [-0.05, 0) is 30.6 Å². The number of unbranched alkanes of at least 4 members (excludes halogenated alkanes) is 1. The van der Waals surface area contributed by atoms with Gasteiger partial charge >= 0.3 is 0 Å². The predicted octanol–water partition coefficient (Wildman–Crippen LogP) is 4.64. The van der Waals surface area contributed by atoms with Crippen molar-refractivity contribution in [3.63, 3.8) is 0 Å². The van der Waals surface area contributed by atoms with E-state index in [0.717, 1.165) is 17.8 Å². The average molecular weight is 182 g/mol. The minimum atomic E-state index is 1.04. The molecular formula is C13H26. The van der Waals surface area contributed by atoms with Crippen LogP contribution in [0.15, 0.2) is 0 Å². The van der Waals surface area contributed by atoms with Gasteiger partial charge in [-0.2, -0.15) is 0 Å². The molecule has 1 saturated carbocycles. The number of rotatable bonds is 6. The van der Waals surface area contributed by atoms with E-state index in [-0.39, 0.29) is 0 Å². The molecular weight excluding hydrogens is 156 g/mol. The molecule has 0 saturated heterocycles. The van der Waals surface area contributed by atoms with Crippen molar-refractivity contribution in [3.05, 3.63) is 0 Å². The Morgan fingerprint density at radius 2 is 1.69 bits per heavy atom. The lowest BCUT2D eigenvalue weighted by Gasteiger charge is -2.40. The van der Waals surface area contributed by atoms with Gasteiger partial charge in [0.1, 0.15) is 0 Å². The highest BCUT2D eigenvalue weighted by Crippen LogP contribution is 2.43. The van der Waals surface area contributed by atoms with Crippen LogP contribution in [0.2, 0.25) is 0 Å². The molecule has 78 valence electrons. The Morgan fingerprint density at radius 3 is 2.15 bits per heavy atom. The van der Waals surface area contributed by atoms with Crippen molar-refractivity contribution in [1.82, 2.24) is 0 Å². The van der Waals surface area contributed by atoms with Gasteiger partial charge < -0.3 is 0 Å². The summed E-state index contributed by atoms with van der Waals surface area (Å²) in [4.78, 5) is 0. The van der Waals surface area contributed by atoms with E-state index in [4.69, 9.17) is 0 Å². The van der Waals surface area contributed by atoms with Gasteiger partial charge in [0.05, 0.1) is 0 Å². The molecule has 0 N–H and O–H groups in total. The Kier molecular flexibility index (Phi) is 4.83. The second-order valence-corrected chi connectivity index (χ2v) is 4.82. The van der Waals surface area contributed by atoms with Crippen LogP contribution in [0.25, 0.3) is 0 Å². The van der Waals surface area contributed by atoms with Crippen molar-refractivity contribution in [2.24, 2.45) is 17.8 Å². The van der Waals surface area contributed by atoms with E-state index in [0.29, 0.717) is 0 Å². The van der Waals surface area contributed by atoms with Crippen molar-refractivity contribution in [1.29, 1.82) is 0 Å². The van der Waals surface area contributed by atoms with E-state index in [1.165, 1.54) is 32.1 Å². The van der Waals surface area contributed by atoms with Crippen LogP contribution in [0.3, 0.4) is 0 Å². The van der Waals surface area contributed by atoms with Crippen LogP contribution < -0.4 is 0 Å². The van der Waals surface area contributed by atoms with Crippen molar-refractivity contribution in [2.45, 2.75) is 65.7 Å². The molecule has 0 aromatic heterocycles. The van der Waals surface area contributed by atoms with Crippen LogP contribution in [-0.4, -0.2) is 0 Å². The minimum Gasteiger partial charge on any atom is -0.0654 e. The van der Waals surface area contributed by atoms with Crippen molar-refractivity contribution in [2.75, 3.05) is 0 Å². The summed E-state index contributed by atoms with van der Waals surface area (Å²) < 4.78 is 0. The predicted molar refractivity (Wildman–Crippen MR) is 59.8 cm³/mol. The van der Waals surface area contributed by atoms with Crippen molar-refractivity contribution in [3.8, 4) is 0 Å². The zero-order chi connectivity index (χ0) is 9.68. The lowest BCUT2D eigenvalue weighted by molar-refractivity contribution is 0.109. The number of hydrogen-bond acceptors (Lipinski definition) is 0. The highest BCUT2D eigenvalue weighted by Gasteiger charge is 2.32. The maximum Gasteiger partial charge on any atom is -0.0381 e. The summed E-state index contributed by atoms with van der Waals surface area (Å²) in [6.07, 6.45) is 10.3. The van der Waals surface area contributed by atoms with Crippen molar-refractivity contribution >= 4 is 0 Å². The van der Waals surface area contributed by atoms with Crippen LogP contribution in [0.1, 0.15) is 65.7 Å². The molecule has 0 nitrogen and oxygen atoms in total. The fraction of sp³-hybridized carbons (Fsp3) is 1.00. The normalized spacial score (nSPS) is 27.7. The van der Waals surface area contributed by atoms with E-state index in [1.54, 1.807) is 12.8 Å². The first-order valence-corrected chi connectivity index (χ1v) is 6.31. The molecule has 0 unspecified atom stereocenters. The standard InChI is InChI=1S/C13H26/c1-4-7-8-11-9-13(10-11)12(5-2)6-3/h11-13H,4-10H2,1-3H3. The van der Waals surface area contributed by atoms with E-state index in [1.807, 2.05) is 0 Å². The summed E-state index contributed by atoms with van der Waals surface area (Å²) in [7, 11) is 0. The van der Waals surface area contributed by atoms with Gasteiger partial charge in [-0.1, -0.05) is 52.9 Å². The fourth-order valence-electron chi connectivity index (χ4n) is 2.86. The molecule has 0 aromatic carbocycles. The van der Waals surface area contributed by atoms with Crippen LogP contribution in [-0.2, 0) is 0 Å². The smallest absolute Gasteiger partial charge is 0.0381 e.